The summed E-state index contributed by atoms with van der Waals surface area (Å²) in [5.74, 6) is -1.22. The van der Waals surface area contributed by atoms with Gasteiger partial charge in [0.25, 0.3) is 5.91 Å². The number of carbonyl (C=O) groups excluding carboxylic acids is 1. The summed E-state index contributed by atoms with van der Waals surface area (Å²) in [6, 6.07) is 5.12. The molecule has 0 bridgehead atoms. The molecule has 0 aliphatic carbocycles. The van der Waals surface area contributed by atoms with Gasteiger partial charge in [-0.1, -0.05) is 0 Å². The molecule has 0 radical (unpaired) electrons. The SMILES string of the molecule is O=C(O)CCNC(=O)c1ccc2[nH]ncc2c1. The van der Waals surface area contributed by atoms with Gasteiger partial charge in [0.2, 0.25) is 0 Å². The third-order valence-corrected chi connectivity index (χ3v) is 2.33. The van der Waals surface area contributed by atoms with Crippen LogP contribution in [0.25, 0.3) is 10.9 Å². The number of H-pyrrole nitrogens is 1. The quantitative estimate of drug-likeness (QED) is 0.726. The van der Waals surface area contributed by atoms with Crippen LogP contribution in [-0.4, -0.2) is 33.7 Å². The minimum absolute atomic E-state index is 0.0836. The van der Waals surface area contributed by atoms with Crippen LogP contribution in [0.4, 0.5) is 0 Å². The van der Waals surface area contributed by atoms with E-state index in [2.05, 4.69) is 15.5 Å². The molecule has 6 nitrogen and oxygen atoms in total. The molecule has 88 valence electrons. The predicted molar refractivity (Wildman–Crippen MR) is 60.7 cm³/mol. The van der Waals surface area contributed by atoms with Crippen molar-refractivity contribution in [3.8, 4) is 0 Å². The van der Waals surface area contributed by atoms with Gasteiger partial charge in [0.1, 0.15) is 0 Å². The van der Waals surface area contributed by atoms with Crippen LogP contribution in [0.1, 0.15) is 16.8 Å². The van der Waals surface area contributed by atoms with Crippen LogP contribution in [0.2, 0.25) is 0 Å². The van der Waals surface area contributed by atoms with Gasteiger partial charge < -0.3 is 10.4 Å². The lowest BCUT2D eigenvalue weighted by Crippen LogP contribution is -2.25. The standard InChI is InChI=1S/C11H11N3O3/c15-10(16)3-4-12-11(17)7-1-2-9-8(5-7)6-13-14-9/h1-2,5-6H,3-4H2,(H,12,17)(H,13,14)(H,15,16). The molecule has 2 aromatic rings. The second kappa shape index (κ2) is 4.65. The fourth-order valence-corrected chi connectivity index (χ4v) is 1.47. The highest BCUT2D eigenvalue weighted by Crippen LogP contribution is 2.12. The van der Waals surface area contributed by atoms with E-state index in [0.29, 0.717) is 5.56 Å². The number of benzene rings is 1. The maximum Gasteiger partial charge on any atom is 0.305 e. The van der Waals surface area contributed by atoms with Gasteiger partial charge in [-0.15, -0.1) is 0 Å². The summed E-state index contributed by atoms with van der Waals surface area (Å²) in [4.78, 5) is 22.0. The zero-order valence-electron chi connectivity index (χ0n) is 8.93. The lowest BCUT2D eigenvalue weighted by atomic mass is 10.1. The Kier molecular flexibility index (Phi) is 3.04. The molecule has 2 rings (SSSR count). The second-order valence-corrected chi connectivity index (χ2v) is 3.57. The molecule has 17 heavy (non-hydrogen) atoms. The first-order valence-corrected chi connectivity index (χ1v) is 5.10. The number of hydrogen-bond donors (Lipinski definition) is 3. The molecular formula is C11H11N3O3. The van der Waals surface area contributed by atoms with Crippen molar-refractivity contribution in [2.45, 2.75) is 6.42 Å². The predicted octanol–water partition coefficient (Wildman–Crippen LogP) is 0.767. The fourth-order valence-electron chi connectivity index (χ4n) is 1.47. The van der Waals surface area contributed by atoms with Gasteiger partial charge in [-0.25, -0.2) is 0 Å². The molecule has 0 spiro atoms. The van der Waals surface area contributed by atoms with Gasteiger partial charge in [0.15, 0.2) is 0 Å². The Labute approximate surface area is 96.6 Å². The van der Waals surface area contributed by atoms with Crippen molar-refractivity contribution < 1.29 is 14.7 Å². The Bertz CT molecular complexity index is 562. The van der Waals surface area contributed by atoms with Crippen LogP contribution in [-0.2, 0) is 4.79 Å². The molecule has 0 aliphatic heterocycles. The van der Waals surface area contributed by atoms with Crippen molar-refractivity contribution in [3.63, 3.8) is 0 Å². The Balaban J connectivity index is 2.05. The number of rotatable bonds is 4. The second-order valence-electron chi connectivity index (χ2n) is 3.57. The van der Waals surface area contributed by atoms with E-state index in [0.717, 1.165) is 10.9 Å². The summed E-state index contributed by atoms with van der Waals surface area (Å²) in [6.45, 7) is 0.123. The van der Waals surface area contributed by atoms with Crippen molar-refractivity contribution in [3.05, 3.63) is 30.0 Å². The number of carbonyl (C=O) groups is 2. The van der Waals surface area contributed by atoms with Crippen LogP contribution in [0.3, 0.4) is 0 Å². The summed E-state index contributed by atoms with van der Waals surface area (Å²) in [7, 11) is 0. The van der Waals surface area contributed by atoms with Crippen molar-refractivity contribution in [2.24, 2.45) is 0 Å². The zero-order valence-corrected chi connectivity index (χ0v) is 8.93. The smallest absolute Gasteiger partial charge is 0.305 e. The lowest BCUT2D eigenvalue weighted by molar-refractivity contribution is -0.136. The number of carboxylic acid groups (broad SMARTS) is 1. The average Bonchev–Trinajstić information content (AvgIpc) is 2.75. The molecule has 1 aromatic carbocycles. The molecule has 0 atom stereocenters. The molecule has 1 heterocycles. The Hall–Kier alpha value is -2.37. The minimum Gasteiger partial charge on any atom is -0.481 e. The number of hydrogen-bond acceptors (Lipinski definition) is 3. The Morgan fingerprint density at radius 3 is 3.00 bits per heavy atom. The maximum absolute atomic E-state index is 11.7. The Morgan fingerprint density at radius 2 is 2.24 bits per heavy atom. The van der Waals surface area contributed by atoms with E-state index in [1.165, 1.54) is 0 Å². The molecule has 0 unspecified atom stereocenters. The van der Waals surface area contributed by atoms with E-state index >= 15 is 0 Å². The van der Waals surface area contributed by atoms with Crippen LogP contribution < -0.4 is 5.32 Å². The topological polar surface area (TPSA) is 95.1 Å². The van der Waals surface area contributed by atoms with Gasteiger partial charge in [-0.05, 0) is 18.2 Å². The van der Waals surface area contributed by atoms with Crippen molar-refractivity contribution >= 4 is 22.8 Å². The largest absolute Gasteiger partial charge is 0.481 e. The molecule has 1 aromatic heterocycles. The van der Waals surface area contributed by atoms with E-state index in [1.807, 2.05) is 0 Å². The van der Waals surface area contributed by atoms with Crippen molar-refractivity contribution in [1.29, 1.82) is 0 Å². The molecule has 0 saturated carbocycles. The molecule has 6 heteroatoms. The number of aliphatic carboxylic acids is 1. The molecule has 0 fully saturated rings. The van der Waals surface area contributed by atoms with Gasteiger partial charge in [-0.2, -0.15) is 5.10 Å². The van der Waals surface area contributed by atoms with E-state index in [9.17, 15) is 9.59 Å². The zero-order chi connectivity index (χ0) is 12.3. The molecule has 0 saturated heterocycles. The van der Waals surface area contributed by atoms with E-state index in [1.54, 1.807) is 24.4 Å². The van der Waals surface area contributed by atoms with Crippen LogP contribution in [0, 0.1) is 0 Å². The van der Waals surface area contributed by atoms with E-state index in [-0.39, 0.29) is 18.9 Å². The molecular weight excluding hydrogens is 222 g/mol. The van der Waals surface area contributed by atoms with Gasteiger partial charge in [-0.3, -0.25) is 14.7 Å². The first-order chi connectivity index (χ1) is 8.16. The molecule has 0 aliphatic rings. The van der Waals surface area contributed by atoms with Gasteiger partial charge >= 0.3 is 5.97 Å². The fraction of sp³-hybridized carbons (Fsp3) is 0.182. The number of nitrogens with zero attached hydrogens (tertiary/aromatic N) is 1. The van der Waals surface area contributed by atoms with Crippen LogP contribution in [0.15, 0.2) is 24.4 Å². The Morgan fingerprint density at radius 1 is 1.41 bits per heavy atom. The molecule has 1 amide bonds. The van der Waals surface area contributed by atoms with Crippen molar-refractivity contribution in [2.75, 3.05) is 6.54 Å². The number of aromatic nitrogens is 2. The normalized spacial score (nSPS) is 10.4. The first kappa shape index (κ1) is 11.1. The monoisotopic (exact) mass is 233 g/mol. The van der Waals surface area contributed by atoms with Crippen LogP contribution >= 0.6 is 0 Å². The van der Waals surface area contributed by atoms with E-state index < -0.39 is 5.97 Å². The highest BCUT2D eigenvalue weighted by Gasteiger charge is 2.07. The number of fused-ring (bicyclic) bond motifs is 1. The van der Waals surface area contributed by atoms with Gasteiger partial charge in [0.05, 0.1) is 18.1 Å². The minimum atomic E-state index is -0.935. The third kappa shape index (κ3) is 2.60. The maximum atomic E-state index is 11.7. The molecule has 3 N–H and O–H groups in total. The highest BCUT2D eigenvalue weighted by atomic mass is 16.4. The summed E-state index contributed by atoms with van der Waals surface area (Å²) in [5.41, 5.74) is 1.34. The average molecular weight is 233 g/mol. The first-order valence-electron chi connectivity index (χ1n) is 5.10. The summed E-state index contributed by atoms with van der Waals surface area (Å²) < 4.78 is 0. The third-order valence-electron chi connectivity index (χ3n) is 2.33. The number of amides is 1. The summed E-state index contributed by atoms with van der Waals surface area (Å²) in [5, 5.41) is 18.5. The van der Waals surface area contributed by atoms with Gasteiger partial charge in [0, 0.05) is 17.5 Å². The summed E-state index contributed by atoms with van der Waals surface area (Å²) in [6.07, 6.45) is 1.54. The number of carboxylic acids is 1. The lowest BCUT2D eigenvalue weighted by Gasteiger charge is -2.03. The summed E-state index contributed by atoms with van der Waals surface area (Å²) >= 11 is 0. The highest BCUT2D eigenvalue weighted by molar-refractivity contribution is 5.97. The number of aromatic amines is 1. The van der Waals surface area contributed by atoms with Crippen molar-refractivity contribution in [1.82, 2.24) is 15.5 Å². The van der Waals surface area contributed by atoms with E-state index in [4.69, 9.17) is 5.11 Å². The number of nitrogens with one attached hydrogen (secondary N) is 2. The van der Waals surface area contributed by atoms with Crippen LogP contribution in [0.5, 0.6) is 0 Å².